The van der Waals surface area contributed by atoms with E-state index in [9.17, 15) is 0 Å². The summed E-state index contributed by atoms with van der Waals surface area (Å²) in [6, 6.07) is 0. The van der Waals surface area contributed by atoms with Crippen LogP contribution in [-0.4, -0.2) is 36.8 Å². The van der Waals surface area contributed by atoms with Gasteiger partial charge in [-0.15, -0.1) is 0 Å². The summed E-state index contributed by atoms with van der Waals surface area (Å²) in [5.41, 5.74) is 5.82. The van der Waals surface area contributed by atoms with E-state index >= 15 is 0 Å². The first kappa shape index (κ1) is 15.0. The molecular formula is C12H23N3O2S. The number of hydrogen-bond acceptors (Lipinski definition) is 6. The minimum absolute atomic E-state index is 0.0859. The van der Waals surface area contributed by atoms with E-state index in [0.717, 1.165) is 11.5 Å². The average molecular weight is 273 g/mol. The summed E-state index contributed by atoms with van der Waals surface area (Å²) >= 11 is 1.36. The summed E-state index contributed by atoms with van der Waals surface area (Å²) in [6.07, 6.45) is 0.332. The van der Waals surface area contributed by atoms with E-state index in [-0.39, 0.29) is 12.2 Å². The smallest absolute Gasteiger partial charge is 0.198 e. The van der Waals surface area contributed by atoms with Crippen molar-refractivity contribution in [2.45, 2.75) is 39.9 Å². The topological polar surface area (TPSA) is 60.6 Å². The third kappa shape index (κ3) is 4.34. The first-order valence-electron chi connectivity index (χ1n) is 6.16. The highest BCUT2D eigenvalue weighted by molar-refractivity contribution is 7.11. The third-order valence-electron chi connectivity index (χ3n) is 2.24. The average Bonchev–Trinajstić information content (AvgIpc) is 2.59. The number of ether oxygens (including phenoxy) is 2. The fourth-order valence-electron chi connectivity index (χ4n) is 1.40. The Morgan fingerprint density at radius 1 is 1.28 bits per heavy atom. The molecule has 0 radical (unpaired) electrons. The van der Waals surface area contributed by atoms with E-state index in [1.165, 1.54) is 11.5 Å². The van der Waals surface area contributed by atoms with E-state index in [0.29, 0.717) is 18.2 Å². The maximum atomic E-state index is 5.82. The molecule has 0 aromatic carbocycles. The van der Waals surface area contributed by atoms with Crippen LogP contribution in [0.5, 0.6) is 5.75 Å². The van der Waals surface area contributed by atoms with Crippen LogP contribution in [0.15, 0.2) is 0 Å². The molecule has 1 aromatic rings. The Balaban J connectivity index is 2.64. The molecule has 0 amide bonds. The first-order chi connectivity index (χ1) is 8.41. The lowest BCUT2D eigenvalue weighted by Gasteiger charge is -2.20. The molecule has 0 fully saturated rings. The van der Waals surface area contributed by atoms with Gasteiger partial charge in [0.25, 0.3) is 0 Å². The molecule has 2 N–H and O–H groups in total. The monoisotopic (exact) mass is 273 g/mol. The molecule has 5 nitrogen and oxygen atoms in total. The number of hydrogen-bond donors (Lipinski definition) is 1. The Labute approximate surface area is 113 Å². The summed E-state index contributed by atoms with van der Waals surface area (Å²) in [7, 11) is 1.99. The zero-order valence-electron chi connectivity index (χ0n) is 11.8. The molecule has 104 valence electrons. The minimum Gasteiger partial charge on any atom is -0.484 e. The van der Waals surface area contributed by atoms with Gasteiger partial charge in [-0.2, -0.15) is 4.37 Å². The molecule has 0 aliphatic carbocycles. The van der Waals surface area contributed by atoms with Crippen molar-refractivity contribution in [3.05, 3.63) is 0 Å². The molecule has 0 aliphatic rings. The van der Waals surface area contributed by atoms with E-state index in [2.05, 4.69) is 9.27 Å². The number of nitrogens with zero attached hydrogens (tertiary/aromatic N) is 2. The number of anilines is 2. The zero-order valence-corrected chi connectivity index (χ0v) is 12.6. The highest BCUT2D eigenvalue weighted by Crippen LogP contribution is 2.38. The molecule has 0 aliphatic heterocycles. The second-order valence-electron chi connectivity index (χ2n) is 4.71. The van der Waals surface area contributed by atoms with Gasteiger partial charge >= 0.3 is 0 Å². The summed E-state index contributed by atoms with van der Waals surface area (Å²) in [5, 5.41) is 0.952. The highest BCUT2D eigenvalue weighted by Gasteiger charge is 2.17. The Hall–Kier alpha value is -1.01. The number of likely N-dealkylation sites (N-methyl/N-ethyl adjacent to an activating group) is 1. The number of rotatable bonds is 7. The molecule has 6 heteroatoms. The van der Waals surface area contributed by atoms with Crippen LogP contribution < -0.4 is 15.4 Å². The predicted molar refractivity (Wildman–Crippen MR) is 76.6 cm³/mol. The second-order valence-corrected chi connectivity index (χ2v) is 5.46. The first-order valence-corrected chi connectivity index (χ1v) is 6.93. The van der Waals surface area contributed by atoms with E-state index in [1.807, 2.05) is 34.7 Å². The van der Waals surface area contributed by atoms with Gasteiger partial charge in [-0.1, -0.05) is 0 Å². The maximum Gasteiger partial charge on any atom is 0.198 e. The molecule has 1 rings (SSSR count). The lowest BCUT2D eigenvalue weighted by molar-refractivity contribution is 0.0846. The lowest BCUT2D eigenvalue weighted by Crippen LogP contribution is -2.24. The van der Waals surface area contributed by atoms with Crippen molar-refractivity contribution in [1.29, 1.82) is 0 Å². The van der Waals surface area contributed by atoms with Crippen LogP contribution in [0.4, 0.5) is 10.8 Å². The van der Waals surface area contributed by atoms with Crippen LogP contribution in [0.25, 0.3) is 0 Å². The quantitative estimate of drug-likeness (QED) is 0.826. The van der Waals surface area contributed by atoms with Gasteiger partial charge in [-0.3, -0.25) is 0 Å². The van der Waals surface area contributed by atoms with Gasteiger partial charge in [-0.05, 0) is 39.2 Å². The van der Waals surface area contributed by atoms with Crippen molar-refractivity contribution >= 4 is 22.4 Å². The molecule has 18 heavy (non-hydrogen) atoms. The largest absolute Gasteiger partial charge is 0.484 e. The summed E-state index contributed by atoms with van der Waals surface area (Å²) in [5.74, 6) is 1.14. The van der Waals surface area contributed by atoms with Crippen LogP contribution >= 0.6 is 11.5 Å². The molecular weight excluding hydrogens is 250 g/mol. The molecule has 0 unspecified atom stereocenters. The Morgan fingerprint density at radius 3 is 2.50 bits per heavy atom. The molecule has 1 aromatic heterocycles. The van der Waals surface area contributed by atoms with Crippen molar-refractivity contribution in [2.24, 2.45) is 0 Å². The lowest BCUT2D eigenvalue weighted by atomic mass is 10.4. The molecule has 0 bridgehead atoms. The SMILES string of the molecule is CC(C)OCCN(C)c1snc(N)c1OC(C)C. The minimum atomic E-state index is 0.0859. The van der Waals surface area contributed by atoms with E-state index < -0.39 is 0 Å². The van der Waals surface area contributed by atoms with Crippen LogP contribution in [0.3, 0.4) is 0 Å². The van der Waals surface area contributed by atoms with Crippen molar-refractivity contribution in [1.82, 2.24) is 4.37 Å². The van der Waals surface area contributed by atoms with Crippen LogP contribution in [0.1, 0.15) is 27.7 Å². The van der Waals surface area contributed by atoms with Gasteiger partial charge in [0.2, 0.25) is 0 Å². The third-order valence-corrected chi connectivity index (χ3v) is 3.19. The van der Waals surface area contributed by atoms with Gasteiger partial charge in [0.15, 0.2) is 16.6 Å². The molecule has 0 saturated carbocycles. The fourth-order valence-corrected chi connectivity index (χ4v) is 2.14. The summed E-state index contributed by atoms with van der Waals surface area (Å²) in [4.78, 5) is 2.06. The number of nitrogen functional groups attached to an aromatic ring is 1. The van der Waals surface area contributed by atoms with Crippen LogP contribution in [-0.2, 0) is 4.74 Å². The molecule has 0 saturated heterocycles. The van der Waals surface area contributed by atoms with Crippen molar-refractivity contribution in [3.63, 3.8) is 0 Å². The highest BCUT2D eigenvalue weighted by atomic mass is 32.1. The van der Waals surface area contributed by atoms with E-state index in [4.69, 9.17) is 15.2 Å². The maximum absolute atomic E-state index is 5.82. The van der Waals surface area contributed by atoms with Crippen molar-refractivity contribution < 1.29 is 9.47 Å². The molecule has 0 atom stereocenters. The van der Waals surface area contributed by atoms with Gasteiger partial charge in [0, 0.05) is 13.6 Å². The number of aromatic nitrogens is 1. The Kier molecular flexibility index (Phi) is 5.68. The van der Waals surface area contributed by atoms with Gasteiger partial charge in [-0.25, -0.2) is 0 Å². The van der Waals surface area contributed by atoms with Gasteiger partial charge < -0.3 is 20.1 Å². The molecule has 1 heterocycles. The summed E-state index contributed by atoms with van der Waals surface area (Å²) < 4.78 is 15.4. The standard InChI is InChI=1S/C12H23N3O2S/c1-8(2)16-7-6-15(5)12-10(17-9(3)4)11(13)14-18-12/h8-9H,6-7H2,1-5H3,(H2,13,14). The van der Waals surface area contributed by atoms with Gasteiger partial charge in [0.05, 0.1) is 18.8 Å². The molecule has 0 spiro atoms. The number of nitrogens with two attached hydrogens (primary N) is 1. The summed E-state index contributed by atoms with van der Waals surface area (Å²) in [6.45, 7) is 9.46. The fraction of sp³-hybridized carbons (Fsp3) is 0.750. The zero-order chi connectivity index (χ0) is 13.7. The van der Waals surface area contributed by atoms with Crippen LogP contribution in [0.2, 0.25) is 0 Å². The normalized spacial score (nSPS) is 11.3. The second kappa shape index (κ2) is 6.80. The Morgan fingerprint density at radius 2 is 1.94 bits per heavy atom. The van der Waals surface area contributed by atoms with Crippen molar-refractivity contribution in [3.8, 4) is 5.75 Å². The van der Waals surface area contributed by atoms with Gasteiger partial charge in [0.1, 0.15) is 0 Å². The Bertz CT molecular complexity index is 366. The predicted octanol–water partition coefficient (Wildman–Crippen LogP) is 2.37. The van der Waals surface area contributed by atoms with Crippen molar-refractivity contribution in [2.75, 3.05) is 30.8 Å². The van der Waals surface area contributed by atoms with E-state index in [1.54, 1.807) is 0 Å². The van der Waals surface area contributed by atoms with Crippen LogP contribution in [0, 0.1) is 0 Å².